The maximum absolute atomic E-state index is 13.5. The van der Waals surface area contributed by atoms with Crippen molar-refractivity contribution < 1.29 is 14.3 Å². The first kappa shape index (κ1) is 20.9. The van der Waals surface area contributed by atoms with Crippen LogP contribution in [0.15, 0.2) is 77.8 Å². The maximum Gasteiger partial charge on any atom is 0.282 e. The number of nitrogens with zero attached hydrogens (tertiary/aromatic N) is 2. The lowest BCUT2D eigenvalue weighted by Gasteiger charge is -2.21. The zero-order valence-electron chi connectivity index (χ0n) is 17.6. The van der Waals surface area contributed by atoms with Crippen LogP contribution in [0.4, 0.5) is 5.69 Å². The van der Waals surface area contributed by atoms with Gasteiger partial charge in [-0.15, -0.1) is 11.3 Å². The number of benzene rings is 2. The third-order valence-electron chi connectivity index (χ3n) is 5.02. The average Bonchev–Trinajstić information content (AvgIpc) is 3.39. The summed E-state index contributed by atoms with van der Waals surface area (Å²) in [5.74, 6) is 0.0122. The Morgan fingerprint density at radius 1 is 0.968 bits per heavy atom. The SMILES string of the molecule is CCCOc1cccc(N2C(=O)C(c3cccs3)=C(N(C)Cc3ccccc3)C2=O)c1. The molecule has 2 aromatic carbocycles. The summed E-state index contributed by atoms with van der Waals surface area (Å²) >= 11 is 1.46. The number of rotatable bonds is 8. The number of anilines is 1. The van der Waals surface area contributed by atoms with Gasteiger partial charge in [-0.2, -0.15) is 0 Å². The number of hydrogen-bond donors (Lipinski definition) is 0. The predicted octanol–water partition coefficient (Wildman–Crippen LogP) is 4.95. The predicted molar refractivity (Wildman–Crippen MR) is 124 cm³/mol. The molecule has 3 aromatic rings. The van der Waals surface area contributed by atoms with E-state index in [-0.39, 0.29) is 11.8 Å². The molecule has 0 radical (unpaired) electrons. The second kappa shape index (κ2) is 9.18. The fourth-order valence-corrected chi connectivity index (χ4v) is 4.38. The van der Waals surface area contributed by atoms with Crippen molar-refractivity contribution in [3.8, 4) is 5.75 Å². The number of carbonyl (C=O) groups excluding carboxylic acids is 2. The fraction of sp³-hybridized carbons (Fsp3) is 0.200. The summed E-state index contributed by atoms with van der Waals surface area (Å²) in [5, 5.41) is 1.91. The summed E-state index contributed by atoms with van der Waals surface area (Å²) in [5.41, 5.74) is 2.44. The molecule has 1 aliphatic rings. The minimum atomic E-state index is -0.320. The lowest BCUT2D eigenvalue weighted by molar-refractivity contribution is -0.120. The van der Waals surface area contributed by atoms with Crippen LogP contribution in [0.1, 0.15) is 23.8 Å². The number of thiophene rings is 1. The molecule has 0 fully saturated rings. The van der Waals surface area contributed by atoms with Crippen LogP contribution >= 0.6 is 11.3 Å². The van der Waals surface area contributed by atoms with Gasteiger partial charge in [0.1, 0.15) is 11.4 Å². The van der Waals surface area contributed by atoms with E-state index in [0.717, 1.165) is 16.9 Å². The van der Waals surface area contributed by atoms with Crippen molar-refractivity contribution in [3.63, 3.8) is 0 Å². The minimum Gasteiger partial charge on any atom is -0.494 e. The molecule has 0 bridgehead atoms. The summed E-state index contributed by atoms with van der Waals surface area (Å²) < 4.78 is 5.71. The third-order valence-corrected chi connectivity index (χ3v) is 5.91. The van der Waals surface area contributed by atoms with Gasteiger partial charge >= 0.3 is 0 Å². The summed E-state index contributed by atoms with van der Waals surface area (Å²) in [4.78, 5) is 30.9. The van der Waals surface area contributed by atoms with E-state index in [1.807, 2.05) is 72.8 Å². The van der Waals surface area contributed by atoms with Crippen LogP contribution in [0.3, 0.4) is 0 Å². The first-order valence-electron chi connectivity index (χ1n) is 10.2. The maximum atomic E-state index is 13.5. The number of carbonyl (C=O) groups is 2. The van der Waals surface area contributed by atoms with Crippen molar-refractivity contribution >= 4 is 34.4 Å². The van der Waals surface area contributed by atoms with Gasteiger partial charge < -0.3 is 9.64 Å². The van der Waals surface area contributed by atoms with Crippen LogP contribution in [-0.2, 0) is 16.1 Å². The summed E-state index contributed by atoms with van der Waals surface area (Å²) in [6.07, 6.45) is 0.879. The van der Waals surface area contributed by atoms with Crippen molar-refractivity contribution in [2.75, 3.05) is 18.6 Å². The molecule has 0 saturated carbocycles. The molecule has 0 spiro atoms. The average molecular weight is 433 g/mol. The highest BCUT2D eigenvalue weighted by atomic mass is 32.1. The molecule has 31 heavy (non-hydrogen) atoms. The van der Waals surface area contributed by atoms with E-state index in [4.69, 9.17) is 4.74 Å². The second-order valence-electron chi connectivity index (χ2n) is 7.33. The second-order valence-corrected chi connectivity index (χ2v) is 8.28. The van der Waals surface area contributed by atoms with Gasteiger partial charge in [0.05, 0.1) is 17.9 Å². The van der Waals surface area contributed by atoms with E-state index in [1.165, 1.54) is 16.2 Å². The normalized spacial score (nSPS) is 13.8. The Morgan fingerprint density at radius 2 is 1.77 bits per heavy atom. The van der Waals surface area contributed by atoms with E-state index >= 15 is 0 Å². The molecule has 2 heterocycles. The molecule has 0 unspecified atom stereocenters. The molecular weight excluding hydrogens is 408 g/mol. The molecule has 6 heteroatoms. The zero-order valence-corrected chi connectivity index (χ0v) is 18.4. The van der Waals surface area contributed by atoms with Crippen molar-refractivity contribution in [2.45, 2.75) is 19.9 Å². The van der Waals surface area contributed by atoms with Crippen molar-refractivity contribution in [1.29, 1.82) is 0 Å². The number of amides is 2. The lowest BCUT2D eigenvalue weighted by Crippen LogP contribution is -2.34. The largest absolute Gasteiger partial charge is 0.494 e. The number of imide groups is 1. The molecule has 0 saturated heterocycles. The highest BCUT2D eigenvalue weighted by Gasteiger charge is 2.42. The standard InChI is InChI=1S/C25H24N2O3S/c1-3-14-30-20-12-7-11-19(16-20)27-24(28)22(21-13-8-15-31-21)23(25(27)29)26(2)17-18-9-5-4-6-10-18/h4-13,15-16H,3,14,17H2,1-2H3. The molecule has 2 amide bonds. The van der Waals surface area contributed by atoms with Gasteiger partial charge in [0.25, 0.3) is 11.8 Å². The number of ether oxygens (including phenoxy) is 1. The van der Waals surface area contributed by atoms with Crippen LogP contribution in [0.25, 0.3) is 5.57 Å². The molecule has 1 aliphatic heterocycles. The zero-order chi connectivity index (χ0) is 21.8. The van der Waals surface area contributed by atoms with E-state index < -0.39 is 0 Å². The smallest absolute Gasteiger partial charge is 0.282 e. The quantitative estimate of drug-likeness (QED) is 0.473. The lowest BCUT2D eigenvalue weighted by atomic mass is 10.1. The monoisotopic (exact) mass is 432 g/mol. The van der Waals surface area contributed by atoms with Crippen LogP contribution in [-0.4, -0.2) is 30.4 Å². The Labute approximate surface area is 186 Å². The van der Waals surface area contributed by atoms with Crippen molar-refractivity contribution in [3.05, 3.63) is 88.2 Å². The fourth-order valence-electron chi connectivity index (χ4n) is 3.62. The Hall–Kier alpha value is -3.38. The van der Waals surface area contributed by atoms with E-state index in [1.54, 1.807) is 18.2 Å². The van der Waals surface area contributed by atoms with Crippen LogP contribution in [0.2, 0.25) is 0 Å². The molecule has 0 aliphatic carbocycles. The highest BCUT2D eigenvalue weighted by molar-refractivity contribution is 7.11. The third kappa shape index (κ3) is 4.25. The Balaban J connectivity index is 1.71. The molecule has 158 valence electrons. The molecule has 4 rings (SSSR count). The molecular formula is C25H24N2O3S. The molecule has 1 aromatic heterocycles. The minimum absolute atomic E-state index is 0.310. The Bertz CT molecular complexity index is 1110. The van der Waals surface area contributed by atoms with E-state index in [2.05, 4.69) is 0 Å². The summed E-state index contributed by atoms with van der Waals surface area (Å²) in [6, 6.07) is 20.8. The van der Waals surface area contributed by atoms with Gasteiger partial charge in [-0.25, -0.2) is 4.90 Å². The molecule has 0 atom stereocenters. The summed E-state index contributed by atoms with van der Waals surface area (Å²) in [7, 11) is 1.85. The van der Waals surface area contributed by atoms with Crippen LogP contribution in [0.5, 0.6) is 5.75 Å². The van der Waals surface area contributed by atoms with E-state index in [9.17, 15) is 9.59 Å². The summed E-state index contributed by atoms with van der Waals surface area (Å²) in [6.45, 7) is 3.14. The topological polar surface area (TPSA) is 49.9 Å². The number of likely N-dealkylation sites (N-methyl/N-ethyl adjacent to an activating group) is 1. The van der Waals surface area contributed by atoms with Gasteiger partial charge in [0.15, 0.2) is 0 Å². The number of hydrogen-bond acceptors (Lipinski definition) is 5. The van der Waals surface area contributed by atoms with Crippen molar-refractivity contribution in [2.24, 2.45) is 0 Å². The van der Waals surface area contributed by atoms with Crippen molar-refractivity contribution in [1.82, 2.24) is 4.90 Å². The van der Waals surface area contributed by atoms with Crippen LogP contribution in [0, 0.1) is 0 Å². The Morgan fingerprint density at radius 3 is 2.48 bits per heavy atom. The van der Waals surface area contributed by atoms with Crippen LogP contribution < -0.4 is 9.64 Å². The van der Waals surface area contributed by atoms with Gasteiger partial charge in [0.2, 0.25) is 0 Å². The van der Waals surface area contributed by atoms with Gasteiger partial charge in [-0.3, -0.25) is 9.59 Å². The van der Waals surface area contributed by atoms with E-state index in [0.29, 0.717) is 35.9 Å². The highest BCUT2D eigenvalue weighted by Crippen LogP contribution is 2.37. The molecule has 5 nitrogen and oxygen atoms in total. The molecule has 0 N–H and O–H groups in total. The van der Waals surface area contributed by atoms with Gasteiger partial charge in [-0.1, -0.05) is 49.4 Å². The Kier molecular flexibility index (Phi) is 6.18. The first-order chi connectivity index (χ1) is 15.1. The van der Waals surface area contributed by atoms with Gasteiger partial charge in [-0.05, 0) is 35.6 Å². The van der Waals surface area contributed by atoms with Gasteiger partial charge in [0, 0.05) is 24.5 Å². The first-order valence-corrected chi connectivity index (χ1v) is 11.1.